The molecule has 0 spiro atoms. The molecule has 0 atom stereocenters. The van der Waals surface area contributed by atoms with Crippen LogP contribution in [0.1, 0.15) is 24.8 Å². The Morgan fingerprint density at radius 2 is 1.90 bits per heavy atom. The zero-order valence-electron chi connectivity index (χ0n) is 11.4. The summed E-state index contributed by atoms with van der Waals surface area (Å²) in [5.74, 6) is -0.194. The summed E-state index contributed by atoms with van der Waals surface area (Å²) in [6.07, 6.45) is 3.49. The van der Waals surface area contributed by atoms with Gasteiger partial charge in [-0.25, -0.2) is 0 Å². The molecule has 1 saturated carbocycles. The standard InChI is InChI=1S/C15H19N3O2/c16-10-15(6-1-7-15)11-2-4-12(5-3-11)18-9-13(19)17-8-14(18)20/h2-5H,1,6-10,16H2,(H,17,19). The summed E-state index contributed by atoms with van der Waals surface area (Å²) >= 11 is 0. The number of rotatable bonds is 3. The van der Waals surface area contributed by atoms with Gasteiger partial charge in [0.05, 0.1) is 6.54 Å². The molecule has 2 amide bonds. The van der Waals surface area contributed by atoms with Gasteiger partial charge in [0.15, 0.2) is 0 Å². The summed E-state index contributed by atoms with van der Waals surface area (Å²) in [7, 11) is 0. The van der Waals surface area contributed by atoms with Crippen LogP contribution in [-0.4, -0.2) is 31.4 Å². The van der Waals surface area contributed by atoms with Crippen molar-refractivity contribution < 1.29 is 9.59 Å². The minimum absolute atomic E-state index is 0.0745. The fraction of sp³-hybridized carbons (Fsp3) is 0.467. The van der Waals surface area contributed by atoms with Gasteiger partial charge in [-0.1, -0.05) is 18.6 Å². The molecular weight excluding hydrogens is 254 g/mol. The van der Waals surface area contributed by atoms with E-state index in [1.807, 2.05) is 24.3 Å². The highest BCUT2D eigenvalue weighted by Crippen LogP contribution is 2.43. The first-order valence-electron chi connectivity index (χ1n) is 7.02. The predicted octanol–water partition coefficient (Wildman–Crippen LogP) is 0.530. The Morgan fingerprint density at radius 1 is 1.20 bits per heavy atom. The summed E-state index contributed by atoms with van der Waals surface area (Å²) in [6.45, 7) is 0.838. The minimum atomic E-state index is -0.119. The summed E-state index contributed by atoms with van der Waals surface area (Å²) < 4.78 is 0. The Morgan fingerprint density at radius 3 is 2.45 bits per heavy atom. The highest BCUT2D eigenvalue weighted by molar-refractivity contribution is 6.04. The van der Waals surface area contributed by atoms with E-state index in [4.69, 9.17) is 5.73 Å². The molecule has 1 saturated heterocycles. The van der Waals surface area contributed by atoms with Crippen molar-refractivity contribution in [2.45, 2.75) is 24.7 Å². The van der Waals surface area contributed by atoms with Crippen LogP contribution < -0.4 is 16.0 Å². The van der Waals surface area contributed by atoms with Crippen molar-refractivity contribution in [1.82, 2.24) is 5.32 Å². The molecular formula is C15H19N3O2. The first kappa shape index (κ1) is 13.1. The number of carbonyl (C=O) groups is 2. The van der Waals surface area contributed by atoms with E-state index in [1.54, 1.807) is 0 Å². The molecule has 20 heavy (non-hydrogen) atoms. The summed E-state index contributed by atoms with van der Waals surface area (Å²) in [5.41, 5.74) is 8.05. The monoisotopic (exact) mass is 273 g/mol. The molecule has 1 aliphatic carbocycles. The number of nitrogens with zero attached hydrogens (tertiary/aromatic N) is 1. The van der Waals surface area contributed by atoms with Crippen molar-refractivity contribution in [2.24, 2.45) is 5.73 Å². The molecule has 0 bridgehead atoms. The molecule has 0 aromatic heterocycles. The fourth-order valence-electron chi connectivity index (χ4n) is 3.00. The van der Waals surface area contributed by atoms with Gasteiger partial charge in [-0.05, 0) is 30.5 Å². The molecule has 0 radical (unpaired) electrons. The molecule has 1 aromatic carbocycles. The number of hydrogen-bond donors (Lipinski definition) is 2. The van der Waals surface area contributed by atoms with Gasteiger partial charge in [-0.3, -0.25) is 9.59 Å². The van der Waals surface area contributed by atoms with Gasteiger partial charge in [0, 0.05) is 17.6 Å². The zero-order chi connectivity index (χ0) is 14.2. The SMILES string of the molecule is NCC1(c2ccc(N3CC(=O)NCC3=O)cc2)CCC1. The molecule has 5 heteroatoms. The van der Waals surface area contributed by atoms with E-state index < -0.39 is 0 Å². The molecule has 106 valence electrons. The van der Waals surface area contributed by atoms with Crippen LogP contribution in [-0.2, 0) is 15.0 Å². The van der Waals surface area contributed by atoms with E-state index >= 15 is 0 Å². The lowest BCUT2D eigenvalue weighted by atomic mass is 9.64. The van der Waals surface area contributed by atoms with Crippen LogP contribution in [0.25, 0.3) is 0 Å². The van der Waals surface area contributed by atoms with E-state index in [2.05, 4.69) is 5.32 Å². The first-order valence-corrected chi connectivity index (χ1v) is 7.02. The quantitative estimate of drug-likeness (QED) is 0.843. The van der Waals surface area contributed by atoms with Crippen LogP contribution in [0.15, 0.2) is 24.3 Å². The van der Waals surface area contributed by atoms with Crippen molar-refractivity contribution in [2.75, 3.05) is 24.5 Å². The Balaban J connectivity index is 1.82. The fourth-order valence-corrected chi connectivity index (χ4v) is 3.00. The van der Waals surface area contributed by atoms with E-state index in [0.717, 1.165) is 18.5 Å². The average molecular weight is 273 g/mol. The van der Waals surface area contributed by atoms with Gasteiger partial charge >= 0.3 is 0 Å². The number of piperazine rings is 1. The molecule has 3 N–H and O–H groups in total. The van der Waals surface area contributed by atoms with Gasteiger partial charge in [0.1, 0.15) is 6.54 Å². The maximum Gasteiger partial charge on any atom is 0.246 e. The molecule has 3 rings (SSSR count). The number of carbonyl (C=O) groups excluding carboxylic acids is 2. The molecule has 5 nitrogen and oxygen atoms in total. The molecule has 0 unspecified atom stereocenters. The van der Waals surface area contributed by atoms with Gasteiger partial charge in [-0.15, -0.1) is 0 Å². The maximum atomic E-state index is 11.8. The normalized spacial score (nSPS) is 21.4. The second kappa shape index (κ2) is 4.90. The third kappa shape index (κ3) is 2.08. The largest absolute Gasteiger partial charge is 0.345 e. The Hall–Kier alpha value is -1.88. The second-order valence-corrected chi connectivity index (χ2v) is 5.64. The number of anilines is 1. The number of hydrogen-bond acceptors (Lipinski definition) is 3. The smallest absolute Gasteiger partial charge is 0.246 e. The topological polar surface area (TPSA) is 75.4 Å². The Kier molecular flexibility index (Phi) is 3.22. The Bertz CT molecular complexity index is 529. The number of nitrogens with two attached hydrogens (primary N) is 1. The van der Waals surface area contributed by atoms with E-state index in [0.29, 0.717) is 6.54 Å². The van der Waals surface area contributed by atoms with Crippen molar-refractivity contribution in [3.05, 3.63) is 29.8 Å². The third-order valence-electron chi connectivity index (χ3n) is 4.53. The van der Waals surface area contributed by atoms with Crippen molar-refractivity contribution in [3.8, 4) is 0 Å². The Labute approximate surface area is 118 Å². The maximum absolute atomic E-state index is 11.8. The lowest BCUT2D eigenvalue weighted by molar-refractivity contribution is -0.128. The highest BCUT2D eigenvalue weighted by Gasteiger charge is 2.37. The number of amides is 2. The molecule has 2 fully saturated rings. The van der Waals surface area contributed by atoms with Gasteiger partial charge in [0.2, 0.25) is 11.8 Å². The highest BCUT2D eigenvalue weighted by atomic mass is 16.2. The van der Waals surface area contributed by atoms with Crippen LogP contribution in [0.2, 0.25) is 0 Å². The minimum Gasteiger partial charge on any atom is -0.345 e. The van der Waals surface area contributed by atoms with Crippen molar-refractivity contribution in [1.29, 1.82) is 0 Å². The van der Waals surface area contributed by atoms with Gasteiger partial charge in [0.25, 0.3) is 0 Å². The molecule has 1 heterocycles. The number of nitrogens with one attached hydrogen (secondary N) is 1. The van der Waals surface area contributed by atoms with E-state index in [9.17, 15) is 9.59 Å². The summed E-state index contributed by atoms with van der Waals surface area (Å²) in [4.78, 5) is 24.8. The van der Waals surface area contributed by atoms with Crippen molar-refractivity contribution in [3.63, 3.8) is 0 Å². The summed E-state index contributed by atoms with van der Waals surface area (Å²) in [5, 5.41) is 2.55. The lowest BCUT2D eigenvalue weighted by Gasteiger charge is -2.41. The van der Waals surface area contributed by atoms with Crippen LogP contribution in [0.3, 0.4) is 0 Å². The molecule has 1 aliphatic heterocycles. The number of benzene rings is 1. The zero-order valence-corrected chi connectivity index (χ0v) is 11.4. The van der Waals surface area contributed by atoms with Gasteiger partial charge < -0.3 is 16.0 Å². The van der Waals surface area contributed by atoms with Crippen LogP contribution in [0.4, 0.5) is 5.69 Å². The molecule has 2 aliphatic rings. The van der Waals surface area contributed by atoms with Crippen LogP contribution in [0, 0.1) is 0 Å². The van der Waals surface area contributed by atoms with E-state index in [-0.39, 0.29) is 30.3 Å². The van der Waals surface area contributed by atoms with Crippen LogP contribution in [0.5, 0.6) is 0 Å². The lowest BCUT2D eigenvalue weighted by Crippen LogP contribution is -2.51. The summed E-state index contributed by atoms with van der Waals surface area (Å²) in [6, 6.07) is 7.92. The molecule has 1 aromatic rings. The van der Waals surface area contributed by atoms with E-state index in [1.165, 1.54) is 16.9 Å². The first-order chi connectivity index (χ1) is 9.64. The average Bonchev–Trinajstić information content (AvgIpc) is 2.42. The second-order valence-electron chi connectivity index (χ2n) is 5.64. The van der Waals surface area contributed by atoms with Crippen LogP contribution >= 0.6 is 0 Å². The van der Waals surface area contributed by atoms with Crippen molar-refractivity contribution >= 4 is 17.5 Å². The van der Waals surface area contributed by atoms with Gasteiger partial charge in [-0.2, -0.15) is 0 Å². The third-order valence-corrected chi connectivity index (χ3v) is 4.53. The predicted molar refractivity (Wildman–Crippen MR) is 76.4 cm³/mol.